The number of imide groups is 2. The largest absolute Gasteiger partial charge is 0.274 e. The van der Waals surface area contributed by atoms with Gasteiger partial charge in [-0.2, -0.15) is 0 Å². The maximum atomic E-state index is 13.4. The quantitative estimate of drug-likeness (QED) is 0.195. The van der Waals surface area contributed by atoms with E-state index in [1.807, 2.05) is 84.9 Å². The maximum Gasteiger partial charge on any atom is 0.238 e. The summed E-state index contributed by atoms with van der Waals surface area (Å²) < 4.78 is 0. The highest BCUT2D eigenvalue weighted by molar-refractivity contribution is 6.23. The van der Waals surface area contributed by atoms with Gasteiger partial charge in [-0.05, 0) is 66.8 Å². The van der Waals surface area contributed by atoms with Gasteiger partial charge in [0.05, 0.1) is 46.4 Å². The molecule has 4 fully saturated rings. The molecule has 10 rings (SSSR count). The van der Waals surface area contributed by atoms with Crippen LogP contribution in [-0.2, 0) is 19.2 Å². The van der Waals surface area contributed by atoms with E-state index in [9.17, 15) is 19.2 Å². The minimum Gasteiger partial charge on any atom is -0.274 e. The van der Waals surface area contributed by atoms with Crippen LogP contribution in [0.1, 0.15) is 12.8 Å². The molecule has 4 aliphatic carbocycles. The second-order valence-corrected chi connectivity index (χ2v) is 13.9. The average molecular weight is 631 g/mol. The fourth-order valence-electron chi connectivity index (χ4n) is 9.34. The van der Waals surface area contributed by atoms with Crippen molar-refractivity contribution in [2.45, 2.75) is 12.8 Å². The molecule has 0 N–H and O–H groups in total. The van der Waals surface area contributed by atoms with Crippen molar-refractivity contribution < 1.29 is 19.2 Å². The number of benzene rings is 3. The molecule has 4 bridgehead atoms. The van der Waals surface area contributed by atoms with Gasteiger partial charge >= 0.3 is 0 Å². The van der Waals surface area contributed by atoms with E-state index >= 15 is 0 Å². The molecule has 2 saturated carbocycles. The van der Waals surface area contributed by atoms with Crippen LogP contribution in [0, 0.1) is 47.3 Å². The smallest absolute Gasteiger partial charge is 0.238 e. The molecular weight excluding hydrogens is 600 g/mol. The summed E-state index contributed by atoms with van der Waals surface area (Å²) in [7, 11) is 0. The van der Waals surface area contributed by atoms with Crippen LogP contribution >= 0.6 is 0 Å². The third kappa shape index (κ3) is 3.83. The van der Waals surface area contributed by atoms with Gasteiger partial charge in [0.2, 0.25) is 23.6 Å². The number of allylic oxidation sites excluding steroid dienone is 4. The number of carbonyl (C=O) groups is 4. The van der Waals surface area contributed by atoms with Crippen molar-refractivity contribution in [3.63, 3.8) is 0 Å². The normalized spacial score (nSPS) is 30.7. The van der Waals surface area contributed by atoms with Crippen LogP contribution in [0.15, 0.2) is 109 Å². The SMILES string of the molecule is O=C1C2C3C=CC(C3)C2C(=O)N1c1ccc(-c2cc(-c3ccc(N4C(=O)C5C6C=CC(C6)C5C4=O)cc3)nc(-c3ccccc3)n2)cc1. The number of fused-ring (bicyclic) bond motifs is 10. The molecule has 3 heterocycles. The monoisotopic (exact) mass is 630 g/mol. The molecular formula is C40H30N4O4. The molecule has 8 heteroatoms. The molecule has 234 valence electrons. The second kappa shape index (κ2) is 10.0. The lowest BCUT2D eigenvalue weighted by Crippen LogP contribution is -2.32. The maximum absolute atomic E-state index is 13.4. The van der Waals surface area contributed by atoms with Gasteiger partial charge in [-0.3, -0.25) is 29.0 Å². The third-order valence-electron chi connectivity index (χ3n) is 11.5. The molecule has 1 aromatic heterocycles. The Bertz CT molecular complexity index is 1930. The first-order chi connectivity index (χ1) is 23.4. The molecule has 0 spiro atoms. The Morgan fingerprint density at radius 1 is 0.458 bits per heavy atom. The topological polar surface area (TPSA) is 101 Å². The summed E-state index contributed by atoms with van der Waals surface area (Å²) >= 11 is 0. The third-order valence-corrected chi connectivity index (χ3v) is 11.5. The summed E-state index contributed by atoms with van der Waals surface area (Å²) in [6, 6.07) is 26.5. The standard InChI is InChI=1S/C40H30N4O4/c45-37-32-24-6-7-25(18-24)33(32)38(46)43(37)28-14-10-21(11-15-28)30-20-31(42-36(41-30)23-4-2-1-3-5-23)22-12-16-29(17-13-22)44-39(47)34-26-8-9-27(19-26)35(34)40(44)48/h1-17,20,24-27,32-35H,18-19H2. The van der Waals surface area contributed by atoms with E-state index in [1.54, 1.807) is 0 Å². The molecule has 2 saturated heterocycles. The van der Waals surface area contributed by atoms with Crippen molar-refractivity contribution in [3.8, 4) is 33.9 Å². The van der Waals surface area contributed by atoms with Crippen LogP contribution in [0.5, 0.6) is 0 Å². The molecule has 6 aliphatic rings. The van der Waals surface area contributed by atoms with Crippen molar-refractivity contribution >= 4 is 35.0 Å². The lowest BCUT2D eigenvalue weighted by molar-refractivity contribution is -0.124. The molecule has 8 atom stereocenters. The Morgan fingerprint density at radius 2 is 0.833 bits per heavy atom. The molecule has 0 radical (unpaired) electrons. The minimum absolute atomic E-state index is 0.0988. The summed E-state index contributed by atoms with van der Waals surface area (Å²) in [4.78, 5) is 66.1. The molecule has 2 aliphatic heterocycles. The van der Waals surface area contributed by atoms with Crippen molar-refractivity contribution in [2.75, 3.05) is 9.80 Å². The van der Waals surface area contributed by atoms with Gasteiger partial charge in [-0.25, -0.2) is 9.97 Å². The predicted molar refractivity (Wildman–Crippen MR) is 179 cm³/mol. The van der Waals surface area contributed by atoms with Gasteiger partial charge in [-0.1, -0.05) is 78.9 Å². The summed E-state index contributed by atoms with van der Waals surface area (Å²) in [5.74, 6) is -0.179. The van der Waals surface area contributed by atoms with Gasteiger partial charge < -0.3 is 0 Å². The van der Waals surface area contributed by atoms with Crippen LogP contribution in [0.4, 0.5) is 11.4 Å². The molecule has 3 aromatic carbocycles. The van der Waals surface area contributed by atoms with Crippen molar-refractivity contribution in [1.29, 1.82) is 0 Å². The van der Waals surface area contributed by atoms with E-state index in [0.29, 0.717) is 28.6 Å². The summed E-state index contributed by atoms with van der Waals surface area (Å²) in [5.41, 5.74) is 5.03. The van der Waals surface area contributed by atoms with E-state index in [1.165, 1.54) is 9.80 Å². The first-order valence-corrected chi connectivity index (χ1v) is 16.7. The highest BCUT2D eigenvalue weighted by Gasteiger charge is 2.60. The average Bonchev–Trinajstić information content (AvgIpc) is 3.98. The van der Waals surface area contributed by atoms with Crippen LogP contribution in [0.2, 0.25) is 0 Å². The fraction of sp³-hybridized carbons (Fsp3) is 0.250. The van der Waals surface area contributed by atoms with Gasteiger partial charge in [-0.15, -0.1) is 0 Å². The van der Waals surface area contributed by atoms with E-state index in [2.05, 4.69) is 24.3 Å². The van der Waals surface area contributed by atoms with Gasteiger partial charge in [0, 0.05) is 16.7 Å². The van der Waals surface area contributed by atoms with Crippen molar-refractivity contribution in [2.24, 2.45) is 47.3 Å². The Balaban J connectivity index is 0.972. The zero-order chi connectivity index (χ0) is 32.3. The summed E-state index contributed by atoms with van der Waals surface area (Å²) in [6.07, 6.45) is 10.2. The van der Waals surface area contributed by atoms with Gasteiger partial charge in [0.15, 0.2) is 5.82 Å². The summed E-state index contributed by atoms with van der Waals surface area (Å²) in [5, 5.41) is 0. The van der Waals surface area contributed by atoms with E-state index in [-0.39, 0.29) is 71.0 Å². The number of aromatic nitrogens is 2. The van der Waals surface area contributed by atoms with Gasteiger partial charge in [0.1, 0.15) is 0 Å². The van der Waals surface area contributed by atoms with Crippen LogP contribution in [0.25, 0.3) is 33.9 Å². The van der Waals surface area contributed by atoms with Crippen molar-refractivity contribution in [1.82, 2.24) is 9.97 Å². The predicted octanol–water partition coefficient (Wildman–Crippen LogP) is 6.10. The number of amides is 4. The molecule has 48 heavy (non-hydrogen) atoms. The Hall–Kier alpha value is -5.50. The zero-order valence-corrected chi connectivity index (χ0v) is 25.8. The minimum atomic E-state index is -0.245. The molecule has 4 aromatic rings. The number of nitrogens with zero attached hydrogens (tertiary/aromatic N) is 4. The highest BCUT2D eigenvalue weighted by atomic mass is 16.2. The lowest BCUT2D eigenvalue weighted by atomic mass is 9.85. The number of rotatable bonds is 5. The van der Waals surface area contributed by atoms with Crippen LogP contribution < -0.4 is 9.80 Å². The van der Waals surface area contributed by atoms with Crippen LogP contribution in [0.3, 0.4) is 0 Å². The second-order valence-electron chi connectivity index (χ2n) is 13.9. The summed E-state index contributed by atoms with van der Waals surface area (Å²) in [6.45, 7) is 0. The first kappa shape index (κ1) is 27.6. The Kier molecular flexibility index (Phi) is 5.75. The lowest BCUT2D eigenvalue weighted by Gasteiger charge is -2.18. The van der Waals surface area contributed by atoms with E-state index in [0.717, 1.165) is 29.5 Å². The van der Waals surface area contributed by atoms with Gasteiger partial charge in [0.25, 0.3) is 0 Å². The zero-order valence-electron chi connectivity index (χ0n) is 25.8. The van der Waals surface area contributed by atoms with Crippen LogP contribution in [-0.4, -0.2) is 33.6 Å². The Labute approximate surface area is 276 Å². The molecule has 8 nitrogen and oxygen atoms in total. The number of anilines is 2. The van der Waals surface area contributed by atoms with E-state index in [4.69, 9.17) is 9.97 Å². The molecule has 4 amide bonds. The van der Waals surface area contributed by atoms with E-state index < -0.39 is 0 Å². The first-order valence-electron chi connectivity index (χ1n) is 16.7. The van der Waals surface area contributed by atoms with Crippen molar-refractivity contribution in [3.05, 3.63) is 109 Å². The number of hydrogen-bond acceptors (Lipinski definition) is 6. The molecule has 8 unspecified atom stereocenters. The fourth-order valence-corrected chi connectivity index (χ4v) is 9.34. The Morgan fingerprint density at radius 3 is 1.21 bits per heavy atom. The number of carbonyl (C=O) groups excluding carboxylic acids is 4. The number of hydrogen-bond donors (Lipinski definition) is 0. The highest BCUT2D eigenvalue weighted by Crippen LogP contribution is 2.54.